The molecule has 0 aromatic rings. The van der Waals surface area contributed by atoms with Crippen LogP contribution < -0.4 is 10.6 Å². The number of nitrogens with one attached hydrogen (secondary N) is 2. The maximum absolute atomic E-state index is 11.5. The van der Waals surface area contributed by atoms with Crippen molar-refractivity contribution in [2.24, 2.45) is 5.92 Å². The quantitative estimate of drug-likeness (QED) is 0.616. The summed E-state index contributed by atoms with van der Waals surface area (Å²) in [5.41, 5.74) is 0. The molecular formula is C12H22N2O5. The average Bonchev–Trinajstić information content (AvgIpc) is 2.42. The first kappa shape index (κ1) is 15.7. The van der Waals surface area contributed by atoms with E-state index >= 15 is 0 Å². The third kappa shape index (κ3) is 6.97. The molecule has 0 aliphatic carbocycles. The minimum Gasteiger partial charge on any atom is -0.481 e. The summed E-state index contributed by atoms with van der Waals surface area (Å²) >= 11 is 0. The van der Waals surface area contributed by atoms with Crippen molar-refractivity contribution in [3.8, 4) is 0 Å². The second kappa shape index (κ2) is 8.71. The molecule has 0 radical (unpaired) electrons. The molecule has 7 nitrogen and oxygen atoms in total. The largest absolute Gasteiger partial charge is 0.481 e. The molecule has 110 valence electrons. The molecule has 1 fully saturated rings. The van der Waals surface area contributed by atoms with Gasteiger partial charge in [-0.05, 0) is 18.8 Å². The van der Waals surface area contributed by atoms with Gasteiger partial charge in [0.25, 0.3) is 0 Å². The molecule has 3 N–H and O–H groups in total. The molecule has 2 amide bonds. The predicted molar refractivity (Wildman–Crippen MR) is 68.0 cm³/mol. The Kier molecular flexibility index (Phi) is 7.20. The van der Waals surface area contributed by atoms with E-state index in [4.69, 9.17) is 14.6 Å². The molecule has 1 atom stereocenters. The van der Waals surface area contributed by atoms with Crippen LogP contribution in [0.25, 0.3) is 0 Å². The Bertz CT molecular complexity index is 292. The van der Waals surface area contributed by atoms with Gasteiger partial charge in [0.15, 0.2) is 0 Å². The molecule has 1 saturated heterocycles. The number of carbonyl (C=O) groups is 2. The van der Waals surface area contributed by atoms with Crippen molar-refractivity contribution >= 4 is 12.0 Å². The van der Waals surface area contributed by atoms with E-state index in [0.717, 1.165) is 26.1 Å². The Hall–Kier alpha value is -1.34. The third-order valence-electron chi connectivity index (χ3n) is 3.12. The van der Waals surface area contributed by atoms with Crippen LogP contribution in [0.15, 0.2) is 0 Å². The Balaban J connectivity index is 2.13. The summed E-state index contributed by atoms with van der Waals surface area (Å²) in [7, 11) is 1.43. The van der Waals surface area contributed by atoms with Gasteiger partial charge in [-0.15, -0.1) is 0 Å². The Morgan fingerprint density at radius 1 is 1.37 bits per heavy atom. The third-order valence-corrected chi connectivity index (χ3v) is 3.12. The number of aliphatic carboxylic acids is 1. The second-order valence-electron chi connectivity index (χ2n) is 4.60. The first-order valence-corrected chi connectivity index (χ1v) is 6.46. The summed E-state index contributed by atoms with van der Waals surface area (Å²) in [5, 5.41) is 14.0. The molecule has 0 bridgehead atoms. The zero-order valence-electron chi connectivity index (χ0n) is 11.2. The molecule has 0 saturated carbocycles. The van der Waals surface area contributed by atoms with Gasteiger partial charge >= 0.3 is 12.0 Å². The zero-order valence-corrected chi connectivity index (χ0v) is 11.2. The fourth-order valence-corrected chi connectivity index (χ4v) is 1.89. The number of hydrogen-bond donors (Lipinski definition) is 3. The van der Waals surface area contributed by atoms with E-state index in [-0.39, 0.29) is 19.0 Å². The van der Waals surface area contributed by atoms with Crippen LogP contribution in [-0.4, -0.2) is 56.6 Å². The fourth-order valence-electron chi connectivity index (χ4n) is 1.89. The molecular weight excluding hydrogens is 252 g/mol. The van der Waals surface area contributed by atoms with Gasteiger partial charge in [-0.25, -0.2) is 4.79 Å². The van der Waals surface area contributed by atoms with Crippen molar-refractivity contribution in [3.05, 3.63) is 0 Å². The van der Waals surface area contributed by atoms with Gasteiger partial charge in [0, 0.05) is 33.4 Å². The van der Waals surface area contributed by atoms with Crippen LogP contribution in [-0.2, 0) is 14.3 Å². The van der Waals surface area contributed by atoms with Gasteiger partial charge < -0.3 is 25.2 Å². The Morgan fingerprint density at radius 3 is 2.63 bits per heavy atom. The van der Waals surface area contributed by atoms with E-state index < -0.39 is 12.1 Å². The number of rotatable bonds is 7. The summed E-state index contributed by atoms with van der Waals surface area (Å²) < 4.78 is 10.2. The molecule has 0 aromatic carbocycles. The lowest BCUT2D eigenvalue weighted by Gasteiger charge is -2.22. The standard InChI is InChI=1S/C12H22N2O5/c1-18-10(6-11(15)16)8-14-12(17)13-7-9-2-4-19-5-3-9/h9-10H,2-8H2,1H3,(H,15,16)(H2,13,14,17). The van der Waals surface area contributed by atoms with Crippen LogP contribution in [0, 0.1) is 5.92 Å². The molecule has 0 aromatic heterocycles. The molecule has 19 heavy (non-hydrogen) atoms. The molecule has 0 spiro atoms. The second-order valence-corrected chi connectivity index (χ2v) is 4.60. The van der Waals surface area contributed by atoms with Gasteiger partial charge in [-0.1, -0.05) is 0 Å². The predicted octanol–water partition coefficient (Wildman–Crippen LogP) is 0.202. The van der Waals surface area contributed by atoms with Crippen LogP contribution in [0.3, 0.4) is 0 Å². The minimum atomic E-state index is -0.948. The lowest BCUT2D eigenvalue weighted by molar-refractivity contribution is -0.139. The highest BCUT2D eigenvalue weighted by atomic mass is 16.5. The number of carboxylic acid groups (broad SMARTS) is 1. The highest BCUT2D eigenvalue weighted by Crippen LogP contribution is 2.12. The molecule has 1 aliphatic heterocycles. The number of carbonyl (C=O) groups excluding carboxylic acids is 1. The van der Waals surface area contributed by atoms with Crippen molar-refractivity contribution in [3.63, 3.8) is 0 Å². The van der Waals surface area contributed by atoms with Gasteiger partial charge in [0.05, 0.1) is 12.5 Å². The molecule has 1 rings (SSSR count). The number of carboxylic acids is 1. The highest BCUT2D eigenvalue weighted by Gasteiger charge is 2.16. The summed E-state index contributed by atoms with van der Waals surface area (Å²) in [6.45, 7) is 2.30. The first-order valence-electron chi connectivity index (χ1n) is 6.46. The van der Waals surface area contributed by atoms with Crippen LogP contribution in [0.5, 0.6) is 0 Å². The van der Waals surface area contributed by atoms with E-state index in [0.29, 0.717) is 12.5 Å². The normalized spacial score (nSPS) is 17.7. The van der Waals surface area contributed by atoms with Gasteiger partial charge in [0.1, 0.15) is 0 Å². The van der Waals surface area contributed by atoms with E-state index in [9.17, 15) is 9.59 Å². The number of ether oxygens (including phenoxy) is 2. The van der Waals surface area contributed by atoms with E-state index in [1.54, 1.807) is 0 Å². The van der Waals surface area contributed by atoms with Crippen LogP contribution in [0.1, 0.15) is 19.3 Å². The minimum absolute atomic E-state index is 0.128. The average molecular weight is 274 g/mol. The van der Waals surface area contributed by atoms with Gasteiger partial charge in [0.2, 0.25) is 0 Å². The highest BCUT2D eigenvalue weighted by molar-refractivity contribution is 5.74. The van der Waals surface area contributed by atoms with Gasteiger partial charge in [-0.3, -0.25) is 4.79 Å². The van der Waals surface area contributed by atoms with Crippen molar-refractivity contribution in [2.45, 2.75) is 25.4 Å². The van der Waals surface area contributed by atoms with Crippen molar-refractivity contribution in [2.75, 3.05) is 33.4 Å². The van der Waals surface area contributed by atoms with Crippen molar-refractivity contribution < 1.29 is 24.2 Å². The van der Waals surface area contributed by atoms with Crippen molar-refractivity contribution in [1.82, 2.24) is 10.6 Å². The first-order chi connectivity index (χ1) is 9.11. The summed E-state index contributed by atoms with van der Waals surface area (Å²) in [6.07, 6.45) is 1.28. The topological polar surface area (TPSA) is 96.9 Å². The van der Waals surface area contributed by atoms with E-state index in [1.807, 2.05) is 0 Å². The van der Waals surface area contributed by atoms with Gasteiger partial charge in [-0.2, -0.15) is 0 Å². The number of hydrogen-bond acceptors (Lipinski definition) is 4. The fraction of sp³-hybridized carbons (Fsp3) is 0.833. The Labute approximate surface area is 112 Å². The van der Waals surface area contributed by atoms with E-state index in [1.165, 1.54) is 7.11 Å². The molecule has 1 heterocycles. The van der Waals surface area contributed by atoms with Crippen LogP contribution >= 0.6 is 0 Å². The maximum atomic E-state index is 11.5. The summed E-state index contributed by atoms with van der Waals surface area (Å²) in [6, 6.07) is -0.293. The summed E-state index contributed by atoms with van der Waals surface area (Å²) in [4.78, 5) is 22.1. The van der Waals surface area contributed by atoms with Crippen molar-refractivity contribution in [1.29, 1.82) is 0 Å². The zero-order chi connectivity index (χ0) is 14.1. The maximum Gasteiger partial charge on any atom is 0.314 e. The van der Waals surface area contributed by atoms with Crippen LogP contribution in [0.2, 0.25) is 0 Å². The Morgan fingerprint density at radius 2 is 2.05 bits per heavy atom. The van der Waals surface area contributed by atoms with Crippen LogP contribution in [0.4, 0.5) is 4.79 Å². The number of methoxy groups -OCH3 is 1. The smallest absolute Gasteiger partial charge is 0.314 e. The number of amides is 2. The van der Waals surface area contributed by atoms with E-state index in [2.05, 4.69) is 10.6 Å². The molecule has 1 unspecified atom stereocenters. The summed E-state index contributed by atoms with van der Waals surface area (Å²) in [5.74, 6) is -0.493. The number of urea groups is 1. The lowest BCUT2D eigenvalue weighted by atomic mass is 10.0. The molecule has 7 heteroatoms. The lowest BCUT2D eigenvalue weighted by Crippen LogP contribution is -2.43. The SMILES string of the molecule is COC(CNC(=O)NCC1CCOCC1)CC(=O)O. The monoisotopic (exact) mass is 274 g/mol. The molecule has 1 aliphatic rings.